The van der Waals surface area contributed by atoms with Gasteiger partial charge >= 0.3 is 0 Å². The zero-order chi connectivity index (χ0) is 6.69. The van der Waals surface area contributed by atoms with E-state index in [1.807, 2.05) is 0 Å². The summed E-state index contributed by atoms with van der Waals surface area (Å²) in [6, 6.07) is 0. The van der Waals surface area contributed by atoms with Gasteiger partial charge < -0.3 is 14.3 Å². The fourth-order valence-corrected chi connectivity index (χ4v) is 0.593. The Balaban J connectivity index is 2.19. The van der Waals surface area contributed by atoms with Crippen LogP contribution in [0.4, 0.5) is 0 Å². The van der Waals surface area contributed by atoms with Crippen molar-refractivity contribution in [3.63, 3.8) is 0 Å². The number of aldehydes is 1. The summed E-state index contributed by atoms with van der Waals surface area (Å²) >= 11 is 0. The topological polar surface area (TPSA) is 35.5 Å². The van der Waals surface area contributed by atoms with Crippen LogP contribution in [0.5, 0.6) is 0 Å². The Hall–Kier alpha value is -0.410. The molecule has 0 radical (unpaired) electrons. The largest absolute Gasteiger partial charge is 0.350 e. The van der Waals surface area contributed by atoms with Gasteiger partial charge in [-0.15, -0.1) is 0 Å². The van der Waals surface area contributed by atoms with E-state index in [9.17, 15) is 4.79 Å². The molecule has 0 saturated carbocycles. The molecular formula is C5H8O3. The summed E-state index contributed by atoms with van der Waals surface area (Å²) in [4.78, 5) is 10.1. The van der Waals surface area contributed by atoms with Crippen molar-refractivity contribution in [2.75, 3.05) is 13.2 Å². The molecule has 8 heavy (non-hydrogen) atoms. The summed E-state index contributed by atoms with van der Waals surface area (Å²) in [5.74, 6) is 0. The molecule has 1 saturated heterocycles. The lowest BCUT2D eigenvalue weighted by molar-refractivity contribution is -0.115. The average molecular weight is 117 g/mol. The highest BCUT2D eigenvalue weighted by molar-refractivity contribution is 5.49. The van der Waals surface area contributed by atoms with Crippen LogP contribution in [0.3, 0.4) is 0 Å². The number of carbonyl (C=O) groups excluding carboxylic acids is 1. The minimum atomic E-state index is -0.637. The van der Waals surface area contributed by atoms with Crippen LogP contribution in [0.15, 0.2) is 0 Å². The lowest BCUT2D eigenvalue weighted by Gasteiger charge is -2.00. The maximum Gasteiger partial charge on any atom is 0.164 e. The lowest BCUT2D eigenvalue weighted by Crippen LogP contribution is -2.06. The van der Waals surface area contributed by atoms with E-state index in [-0.39, 0.29) is 6.42 Å². The van der Waals surface area contributed by atoms with Crippen molar-refractivity contribution in [3.05, 3.63) is 0 Å². The molecule has 0 aromatic rings. The van der Waals surface area contributed by atoms with Crippen LogP contribution in [0.2, 0.25) is 0 Å². The Morgan fingerprint density at radius 3 is 2.88 bits per heavy atom. The van der Waals surface area contributed by atoms with Gasteiger partial charge in [0.05, 0.1) is 19.6 Å². The molecule has 1 heterocycles. The molecule has 0 aromatic heterocycles. The van der Waals surface area contributed by atoms with E-state index in [1.54, 1.807) is 0 Å². The molecule has 0 bridgehead atoms. The number of hydrogen-bond acceptors (Lipinski definition) is 3. The summed E-state index contributed by atoms with van der Waals surface area (Å²) in [7, 11) is 0. The molecule has 1 fully saturated rings. The van der Waals surface area contributed by atoms with Gasteiger partial charge in [-0.25, -0.2) is 0 Å². The summed E-state index contributed by atoms with van der Waals surface area (Å²) in [5, 5.41) is 0. The number of rotatable bonds is 2. The molecule has 46 valence electrons. The third-order valence-corrected chi connectivity index (χ3v) is 0.941. The molecule has 0 aromatic carbocycles. The van der Waals surface area contributed by atoms with Crippen molar-refractivity contribution in [2.45, 2.75) is 12.7 Å². The predicted octanol–water partition coefficient (Wildman–Crippen LogP) is -0.0517. The predicted molar refractivity (Wildman–Crippen MR) is 26.4 cm³/mol. The van der Waals surface area contributed by atoms with Crippen molar-refractivity contribution in [2.24, 2.45) is 0 Å². The van der Waals surface area contributed by atoms with Crippen LogP contribution < -0.4 is 0 Å². The molecule has 0 spiro atoms. The Morgan fingerprint density at radius 1 is 1.75 bits per heavy atom. The van der Waals surface area contributed by atoms with E-state index >= 15 is 0 Å². The Bertz CT molecular complexity index is 109. The van der Waals surface area contributed by atoms with E-state index in [0.29, 0.717) is 13.2 Å². The van der Waals surface area contributed by atoms with E-state index in [1.165, 1.54) is 0 Å². The van der Waals surface area contributed by atoms with Gasteiger partial charge in [0.1, 0.15) is 7.63 Å². The highest BCUT2D eigenvalue weighted by Gasteiger charge is 2.13. The van der Waals surface area contributed by atoms with Crippen LogP contribution >= 0.6 is 0 Å². The van der Waals surface area contributed by atoms with E-state index in [0.717, 1.165) is 0 Å². The fourth-order valence-electron chi connectivity index (χ4n) is 0.593. The zero-order valence-corrected chi connectivity index (χ0v) is 4.42. The fraction of sp³-hybridized carbons (Fsp3) is 0.800. The smallest absolute Gasteiger partial charge is 0.164 e. The highest BCUT2D eigenvalue weighted by atomic mass is 16.7. The Morgan fingerprint density at radius 2 is 2.38 bits per heavy atom. The van der Waals surface area contributed by atoms with E-state index < -0.39 is 12.6 Å². The van der Waals surface area contributed by atoms with Gasteiger partial charge in [0.15, 0.2) is 6.29 Å². The second kappa shape index (κ2) is 2.79. The maximum atomic E-state index is 10.1. The molecular weight excluding hydrogens is 108 g/mol. The first-order chi connectivity index (χ1) is 4.29. The van der Waals surface area contributed by atoms with E-state index in [4.69, 9.17) is 10.8 Å². The SMILES string of the molecule is [2H]C(=O)CC1OCCO1. The standard InChI is InChI=1S/C5H8O3/c6-2-1-5-7-3-4-8-5/h2,5H,1,3-4H2/i2D. The molecule has 3 heteroatoms. The normalized spacial score (nSPS) is 23.2. The van der Waals surface area contributed by atoms with Gasteiger partial charge in [0, 0.05) is 0 Å². The molecule has 0 aliphatic carbocycles. The molecule has 0 unspecified atom stereocenters. The second-order valence-corrected chi connectivity index (χ2v) is 1.52. The number of hydrogen-bond donors (Lipinski definition) is 0. The molecule has 0 atom stereocenters. The molecule has 1 rings (SSSR count). The lowest BCUT2D eigenvalue weighted by atomic mass is 10.5. The zero-order valence-electron chi connectivity index (χ0n) is 5.42. The molecule has 0 amide bonds. The highest BCUT2D eigenvalue weighted by Crippen LogP contribution is 2.04. The average Bonchev–Trinajstić information content (AvgIpc) is 2.15. The van der Waals surface area contributed by atoms with Crippen molar-refractivity contribution in [3.8, 4) is 0 Å². The first-order valence-electron chi connectivity index (χ1n) is 3.01. The van der Waals surface area contributed by atoms with Crippen LogP contribution in [0.25, 0.3) is 0 Å². The quantitative estimate of drug-likeness (QED) is 0.475. The van der Waals surface area contributed by atoms with Gasteiger partial charge in [0.25, 0.3) is 0 Å². The Kier molecular flexibility index (Phi) is 1.56. The van der Waals surface area contributed by atoms with Crippen molar-refractivity contribution in [1.82, 2.24) is 0 Å². The van der Waals surface area contributed by atoms with Crippen molar-refractivity contribution in [1.29, 1.82) is 0 Å². The molecule has 3 nitrogen and oxygen atoms in total. The van der Waals surface area contributed by atoms with Crippen LogP contribution in [-0.2, 0) is 14.3 Å². The van der Waals surface area contributed by atoms with Gasteiger partial charge in [-0.05, 0) is 0 Å². The van der Waals surface area contributed by atoms with Gasteiger partial charge in [0.2, 0.25) is 0 Å². The summed E-state index contributed by atoms with van der Waals surface area (Å²) in [5.41, 5.74) is 0. The van der Waals surface area contributed by atoms with Gasteiger partial charge in [-0.2, -0.15) is 0 Å². The van der Waals surface area contributed by atoms with Gasteiger partial charge in [-0.1, -0.05) is 0 Å². The van der Waals surface area contributed by atoms with Crippen LogP contribution in [0.1, 0.15) is 7.79 Å². The summed E-state index contributed by atoms with van der Waals surface area (Å²) in [6.07, 6.45) is -1.03. The third-order valence-electron chi connectivity index (χ3n) is 0.941. The third kappa shape index (κ3) is 1.28. The minimum absolute atomic E-state index is 0.0556. The van der Waals surface area contributed by atoms with Crippen molar-refractivity contribution >= 4 is 6.26 Å². The molecule has 0 N–H and O–H groups in total. The number of ether oxygens (including phenoxy) is 2. The van der Waals surface area contributed by atoms with Crippen LogP contribution in [-0.4, -0.2) is 25.8 Å². The van der Waals surface area contributed by atoms with Crippen molar-refractivity contribution < 1.29 is 15.6 Å². The molecule has 1 aliphatic rings. The minimum Gasteiger partial charge on any atom is -0.350 e. The first-order valence-corrected chi connectivity index (χ1v) is 2.51. The molecule has 1 aliphatic heterocycles. The first kappa shape index (κ1) is 4.47. The van der Waals surface area contributed by atoms with Crippen LogP contribution in [0, 0.1) is 0 Å². The maximum absolute atomic E-state index is 10.1. The summed E-state index contributed by atoms with van der Waals surface area (Å²) < 4.78 is 16.3. The monoisotopic (exact) mass is 117 g/mol. The van der Waals surface area contributed by atoms with E-state index in [2.05, 4.69) is 0 Å². The second-order valence-electron chi connectivity index (χ2n) is 1.52. The Labute approximate surface area is 49.0 Å². The summed E-state index contributed by atoms with van der Waals surface area (Å²) in [6.45, 7) is 1.08. The number of carbonyl (C=O) groups is 1. The van der Waals surface area contributed by atoms with Gasteiger partial charge in [-0.3, -0.25) is 0 Å².